The third-order valence-electron chi connectivity index (χ3n) is 2.37. The smallest absolute Gasteiger partial charge is 0.259 e. The number of amides is 1. The van der Waals surface area contributed by atoms with Crippen LogP contribution in [0, 0.1) is 5.82 Å². The van der Waals surface area contributed by atoms with Crippen molar-refractivity contribution in [3.05, 3.63) is 52.4 Å². The molecule has 0 radical (unpaired) electrons. The van der Waals surface area contributed by atoms with Crippen molar-refractivity contribution in [3.63, 3.8) is 0 Å². The Morgan fingerprint density at radius 3 is 2.89 bits per heavy atom. The Kier molecular flexibility index (Phi) is 4.08. The van der Waals surface area contributed by atoms with E-state index in [2.05, 4.69) is 31.7 Å². The molecule has 0 unspecified atom stereocenters. The van der Waals surface area contributed by atoms with Gasteiger partial charge in [-0.25, -0.2) is 15.2 Å². The van der Waals surface area contributed by atoms with Crippen molar-refractivity contribution in [3.8, 4) is 0 Å². The Balaban J connectivity index is 2.28. The van der Waals surface area contributed by atoms with Crippen molar-refractivity contribution in [2.75, 3.05) is 10.7 Å². The number of nitrogens with zero attached hydrogens (tertiary/aromatic N) is 1. The van der Waals surface area contributed by atoms with Crippen molar-refractivity contribution in [1.29, 1.82) is 0 Å². The van der Waals surface area contributed by atoms with E-state index >= 15 is 0 Å². The molecule has 1 aromatic heterocycles. The number of carbonyl (C=O) groups excluding carboxylic acids is 1. The first kappa shape index (κ1) is 13.4. The fourth-order valence-electron chi connectivity index (χ4n) is 1.49. The Bertz CT molecular complexity index is 620. The number of aromatic nitrogens is 1. The SMILES string of the molecule is NNc1ncccc1C(=O)Nc1cc(Br)ccc1F. The lowest BCUT2D eigenvalue weighted by molar-refractivity contribution is 0.102. The molecule has 0 saturated heterocycles. The van der Waals surface area contributed by atoms with Gasteiger partial charge < -0.3 is 10.7 Å². The number of nitrogens with one attached hydrogen (secondary N) is 2. The van der Waals surface area contributed by atoms with Gasteiger partial charge in [-0.15, -0.1) is 0 Å². The van der Waals surface area contributed by atoms with Crippen molar-refractivity contribution < 1.29 is 9.18 Å². The molecule has 7 heteroatoms. The van der Waals surface area contributed by atoms with Crippen molar-refractivity contribution in [2.24, 2.45) is 5.84 Å². The molecule has 19 heavy (non-hydrogen) atoms. The van der Waals surface area contributed by atoms with E-state index in [9.17, 15) is 9.18 Å². The van der Waals surface area contributed by atoms with Crippen LogP contribution in [0.4, 0.5) is 15.9 Å². The van der Waals surface area contributed by atoms with E-state index in [0.29, 0.717) is 4.47 Å². The summed E-state index contributed by atoms with van der Waals surface area (Å²) in [6.07, 6.45) is 1.49. The van der Waals surface area contributed by atoms with Crippen LogP contribution >= 0.6 is 15.9 Å². The third-order valence-corrected chi connectivity index (χ3v) is 2.86. The van der Waals surface area contributed by atoms with Gasteiger partial charge in [0.1, 0.15) is 5.82 Å². The molecule has 5 nitrogen and oxygen atoms in total. The zero-order valence-electron chi connectivity index (χ0n) is 9.65. The number of benzene rings is 1. The van der Waals surface area contributed by atoms with Gasteiger partial charge in [-0.05, 0) is 30.3 Å². The predicted octanol–water partition coefficient (Wildman–Crippen LogP) is 2.52. The summed E-state index contributed by atoms with van der Waals surface area (Å²) in [7, 11) is 0. The largest absolute Gasteiger partial charge is 0.319 e. The summed E-state index contributed by atoms with van der Waals surface area (Å²) in [6, 6.07) is 7.40. The van der Waals surface area contributed by atoms with Gasteiger partial charge in [0.15, 0.2) is 5.82 Å². The maximum absolute atomic E-state index is 13.5. The lowest BCUT2D eigenvalue weighted by Gasteiger charge is -2.09. The number of hydrogen-bond donors (Lipinski definition) is 3. The van der Waals surface area contributed by atoms with Crippen LogP contribution in [0.5, 0.6) is 0 Å². The molecular formula is C12H10BrFN4O. The van der Waals surface area contributed by atoms with Crippen LogP contribution in [-0.2, 0) is 0 Å². The van der Waals surface area contributed by atoms with Crippen LogP contribution in [0.2, 0.25) is 0 Å². The lowest BCUT2D eigenvalue weighted by atomic mass is 10.2. The van der Waals surface area contributed by atoms with Crippen molar-refractivity contribution in [2.45, 2.75) is 0 Å². The molecule has 1 aromatic carbocycles. The molecule has 2 aromatic rings. The summed E-state index contributed by atoms with van der Waals surface area (Å²) in [5.41, 5.74) is 2.61. The van der Waals surface area contributed by atoms with E-state index in [1.165, 1.54) is 24.4 Å². The van der Waals surface area contributed by atoms with Gasteiger partial charge >= 0.3 is 0 Å². The van der Waals surface area contributed by atoms with Crippen LogP contribution in [0.3, 0.4) is 0 Å². The first-order valence-electron chi connectivity index (χ1n) is 5.30. The van der Waals surface area contributed by atoms with E-state index in [1.54, 1.807) is 12.1 Å². The lowest BCUT2D eigenvalue weighted by Crippen LogP contribution is -2.18. The number of nitrogen functional groups attached to an aromatic ring is 1. The van der Waals surface area contributed by atoms with E-state index in [-0.39, 0.29) is 17.1 Å². The quantitative estimate of drug-likeness (QED) is 0.598. The third kappa shape index (κ3) is 3.07. The van der Waals surface area contributed by atoms with Crippen LogP contribution < -0.4 is 16.6 Å². The van der Waals surface area contributed by atoms with Crippen LogP contribution in [0.1, 0.15) is 10.4 Å². The van der Waals surface area contributed by atoms with E-state index < -0.39 is 11.7 Å². The van der Waals surface area contributed by atoms with Gasteiger partial charge in [0.2, 0.25) is 0 Å². The minimum Gasteiger partial charge on any atom is -0.319 e. The summed E-state index contributed by atoms with van der Waals surface area (Å²) in [6.45, 7) is 0. The minimum atomic E-state index is -0.525. The summed E-state index contributed by atoms with van der Waals surface area (Å²) in [5.74, 6) is 4.45. The Morgan fingerprint density at radius 2 is 2.16 bits per heavy atom. The molecule has 0 fully saturated rings. The van der Waals surface area contributed by atoms with Crippen molar-refractivity contribution in [1.82, 2.24) is 4.98 Å². The second-order valence-corrected chi connectivity index (χ2v) is 4.54. The molecule has 2 rings (SSSR count). The number of anilines is 2. The number of hydrazine groups is 1. The normalized spacial score (nSPS) is 10.1. The highest BCUT2D eigenvalue weighted by atomic mass is 79.9. The zero-order valence-corrected chi connectivity index (χ0v) is 11.2. The molecule has 0 spiro atoms. The number of hydrogen-bond acceptors (Lipinski definition) is 4. The maximum Gasteiger partial charge on any atom is 0.259 e. The molecule has 0 bridgehead atoms. The molecule has 0 aliphatic rings. The van der Waals surface area contributed by atoms with Gasteiger partial charge in [-0.2, -0.15) is 0 Å². The summed E-state index contributed by atoms with van der Waals surface area (Å²) in [5, 5.41) is 2.46. The summed E-state index contributed by atoms with van der Waals surface area (Å²) < 4.78 is 14.2. The van der Waals surface area contributed by atoms with Crippen LogP contribution in [0.15, 0.2) is 41.0 Å². The topological polar surface area (TPSA) is 80.0 Å². The standard InChI is InChI=1S/C12H10BrFN4O/c13-7-3-4-9(14)10(6-7)17-12(19)8-2-1-5-16-11(8)18-15/h1-6H,15H2,(H,16,18)(H,17,19). The summed E-state index contributed by atoms with van der Waals surface area (Å²) >= 11 is 3.21. The first-order chi connectivity index (χ1) is 9.11. The Hall–Kier alpha value is -1.99. The fourth-order valence-corrected chi connectivity index (χ4v) is 1.85. The number of rotatable bonds is 3. The average Bonchev–Trinajstić information content (AvgIpc) is 2.42. The molecule has 0 aliphatic carbocycles. The fraction of sp³-hybridized carbons (Fsp3) is 0. The molecule has 4 N–H and O–H groups in total. The molecule has 0 aliphatic heterocycles. The monoisotopic (exact) mass is 324 g/mol. The minimum absolute atomic E-state index is 0.0752. The van der Waals surface area contributed by atoms with E-state index in [0.717, 1.165) is 0 Å². The van der Waals surface area contributed by atoms with Gasteiger partial charge in [-0.3, -0.25) is 4.79 Å². The number of halogens is 2. The number of pyridine rings is 1. The second kappa shape index (κ2) is 5.77. The first-order valence-corrected chi connectivity index (χ1v) is 6.09. The highest BCUT2D eigenvalue weighted by molar-refractivity contribution is 9.10. The summed E-state index contributed by atoms with van der Waals surface area (Å²) in [4.78, 5) is 15.9. The van der Waals surface area contributed by atoms with Crippen molar-refractivity contribution >= 4 is 33.3 Å². The molecule has 0 atom stereocenters. The highest BCUT2D eigenvalue weighted by Crippen LogP contribution is 2.21. The molecule has 1 amide bonds. The molecule has 0 saturated carbocycles. The van der Waals surface area contributed by atoms with E-state index in [4.69, 9.17) is 5.84 Å². The molecule has 98 valence electrons. The molecule has 1 heterocycles. The second-order valence-electron chi connectivity index (χ2n) is 3.62. The van der Waals surface area contributed by atoms with Gasteiger partial charge in [-0.1, -0.05) is 15.9 Å². The average molecular weight is 325 g/mol. The molecular weight excluding hydrogens is 315 g/mol. The maximum atomic E-state index is 13.5. The number of carbonyl (C=O) groups is 1. The van der Waals surface area contributed by atoms with Gasteiger partial charge in [0, 0.05) is 10.7 Å². The Morgan fingerprint density at radius 1 is 1.37 bits per heavy atom. The highest BCUT2D eigenvalue weighted by Gasteiger charge is 2.13. The van der Waals surface area contributed by atoms with Crippen LogP contribution in [-0.4, -0.2) is 10.9 Å². The Labute approximate surface area is 117 Å². The predicted molar refractivity (Wildman–Crippen MR) is 74.1 cm³/mol. The number of nitrogens with two attached hydrogens (primary N) is 1. The van der Waals surface area contributed by atoms with E-state index in [1.807, 2.05) is 0 Å². The van der Waals surface area contributed by atoms with Crippen LogP contribution in [0.25, 0.3) is 0 Å². The zero-order chi connectivity index (χ0) is 13.8. The van der Waals surface area contributed by atoms with Gasteiger partial charge in [0.25, 0.3) is 5.91 Å². The van der Waals surface area contributed by atoms with Gasteiger partial charge in [0.05, 0.1) is 11.3 Å².